The molecule has 1 N–H and O–H groups in total. The van der Waals surface area contributed by atoms with Gasteiger partial charge in [-0.3, -0.25) is 0 Å². The Balaban J connectivity index is 4.06. The van der Waals surface area contributed by atoms with Gasteiger partial charge in [0.15, 0.2) is 0 Å². The standard InChI is InChI=1S/C13H28O/c1-7-12(4,5)10-13(6,14)9-8-11(2)3/h11,14H,7-10H2,1-6H3. The Bertz CT molecular complexity index is 157. The van der Waals surface area contributed by atoms with Crippen molar-refractivity contribution in [2.75, 3.05) is 0 Å². The van der Waals surface area contributed by atoms with Crippen molar-refractivity contribution < 1.29 is 5.11 Å². The summed E-state index contributed by atoms with van der Waals surface area (Å²) in [5.74, 6) is 0.686. The molecule has 0 rings (SSSR count). The third-order valence-electron chi connectivity index (χ3n) is 3.08. The molecule has 0 aromatic rings. The summed E-state index contributed by atoms with van der Waals surface area (Å²) in [5, 5.41) is 10.2. The van der Waals surface area contributed by atoms with Gasteiger partial charge < -0.3 is 5.11 Å². The quantitative estimate of drug-likeness (QED) is 0.687. The van der Waals surface area contributed by atoms with Crippen molar-refractivity contribution in [2.45, 2.75) is 72.8 Å². The van der Waals surface area contributed by atoms with Crippen LogP contribution in [0.15, 0.2) is 0 Å². The predicted octanol–water partition coefficient (Wildman–Crippen LogP) is 4.00. The zero-order valence-corrected chi connectivity index (χ0v) is 10.9. The van der Waals surface area contributed by atoms with Crippen LogP contribution >= 0.6 is 0 Å². The molecular formula is C13H28O. The van der Waals surface area contributed by atoms with Crippen LogP contribution in [-0.4, -0.2) is 10.7 Å². The first-order valence-electron chi connectivity index (χ1n) is 5.91. The lowest BCUT2D eigenvalue weighted by atomic mass is 9.77. The smallest absolute Gasteiger partial charge is 0.0625 e. The molecule has 0 bridgehead atoms. The molecule has 0 fully saturated rings. The molecule has 1 nitrogen and oxygen atoms in total. The average Bonchev–Trinajstić information content (AvgIpc) is 1.99. The second-order valence-corrected chi connectivity index (χ2v) is 6.12. The van der Waals surface area contributed by atoms with Crippen LogP contribution in [0.2, 0.25) is 0 Å². The highest BCUT2D eigenvalue weighted by Gasteiger charge is 2.29. The summed E-state index contributed by atoms with van der Waals surface area (Å²) in [6, 6.07) is 0. The fourth-order valence-electron chi connectivity index (χ4n) is 1.84. The first kappa shape index (κ1) is 14.0. The third-order valence-corrected chi connectivity index (χ3v) is 3.08. The topological polar surface area (TPSA) is 20.2 Å². The molecule has 0 spiro atoms. The maximum Gasteiger partial charge on any atom is 0.0625 e. The van der Waals surface area contributed by atoms with Gasteiger partial charge in [-0.2, -0.15) is 0 Å². The second kappa shape index (κ2) is 5.16. The zero-order chi connectivity index (χ0) is 11.4. The minimum Gasteiger partial charge on any atom is -0.390 e. The maximum atomic E-state index is 10.2. The summed E-state index contributed by atoms with van der Waals surface area (Å²) in [7, 11) is 0. The average molecular weight is 200 g/mol. The van der Waals surface area contributed by atoms with Crippen molar-refractivity contribution in [1.82, 2.24) is 0 Å². The molecule has 0 saturated heterocycles. The summed E-state index contributed by atoms with van der Waals surface area (Å²) in [6.45, 7) is 13.1. The number of hydrogen-bond donors (Lipinski definition) is 1. The Hall–Kier alpha value is -0.0400. The van der Waals surface area contributed by atoms with Crippen LogP contribution in [0.1, 0.15) is 67.2 Å². The van der Waals surface area contributed by atoms with Gasteiger partial charge in [0.05, 0.1) is 5.60 Å². The number of hydrogen-bond acceptors (Lipinski definition) is 1. The van der Waals surface area contributed by atoms with Crippen LogP contribution in [0.4, 0.5) is 0 Å². The van der Waals surface area contributed by atoms with Crippen molar-refractivity contribution in [3.63, 3.8) is 0 Å². The minimum atomic E-state index is -0.482. The lowest BCUT2D eigenvalue weighted by Gasteiger charge is -2.33. The van der Waals surface area contributed by atoms with E-state index in [-0.39, 0.29) is 5.41 Å². The molecule has 0 saturated carbocycles. The van der Waals surface area contributed by atoms with Crippen LogP contribution in [0.25, 0.3) is 0 Å². The van der Waals surface area contributed by atoms with Crippen molar-refractivity contribution >= 4 is 0 Å². The molecule has 0 aliphatic carbocycles. The van der Waals surface area contributed by atoms with E-state index in [1.165, 1.54) is 0 Å². The molecule has 0 aromatic carbocycles. The Morgan fingerprint density at radius 3 is 2.00 bits per heavy atom. The largest absolute Gasteiger partial charge is 0.390 e. The fraction of sp³-hybridized carbons (Fsp3) is 1.00. The summed E-state index contributed by atoms with van der Waals surface area (Å²) in [6.07, 6.45) is 4.08. The van der Waals surface area contributed by atoms with Gasteiger partial charge in [-0.05, 0) is 37.5 Å². The van der Waals surface area contributed by atoms with Gasteiger partial charge in [-0.15, -0.1) is 0 Å². The van der Waals surface area contributed by atoms with E-state index in [2.05, 4.69) is 34.6 Å². The van der Waals surface area contributed by atoms with Crippen LogP contribution in [0.3, 0.4) is 0 Å². The van der Waals surface area contributed by atoms with E-state index in [0.717, 1.165) is 25.7 Å². The summed E-state index contributed by atoms with van der Waals surface area (Å²) in [5.41, 5.74) is -0.218. The normalized spacial score (nSPS) is 17.1. The lowest BCUT2D eigenvalue weighted by molar-refractivity contribution is 0.00185. The van der Waals surface area contributed by atoms with Crippen LogP contribution in [0.5, 0.6) is 0 Å². The van der Waals surface area contributed by atoms with Gasteiger partial charge in [0, 0.05) is 0 Å². The summed E-state index contributed by atoms with van der Waals surface area (Å²) < 4.78 is 0. The molecule has 1 heteroatoms. The van der Waals surface area contributed by atoms with E-state index in [9.17, 15) is 5.11 Å². The van der Waals surface area contributed by atoms with E-state index in [1.54, 1.807) is 0 Å². The Kier molecular flexibility index (Phi) is 5.14. The SMILES string of the molecule is CCC(C)(C)CC(C)(O)CCC(C)C. The van der Waals surface area contributed by atoms with Crippen LogP contribution < -0.4 is 0 Å². The highest BCUT2D eigenvalue weighted by Crippen LogP contribution is 2.33. The van der Waals surface area contributed by atoms with E-state index < -0.39 is 5.60 Å². The van der Waals surface area contributed by atoms with Gasteiger partial charge in [-0.25, -0.2) is 0 Å². The van der Waals surface area contributed by atoms with Crippen molar-refractivity contribution in [2.24, 2.45) is 11.3 Å². The minimum absolute atomic E-state index is 0.264. The molecule has 86 valence electrons. The number of aliphatic hydroxyl groups is 1. The summed E-state index contributed by atoms with van der Waals surface area (Å²) in [4.78, 5) is 0. The highest BCUT2D eigenvalue weighted by molar-refractivity contribution is 4.81. The first-order chi connectivity index (χ1) is 6.18. The zero-order valence-electron chi connectivity index (χ0n) is 10.9. The van der Waals surface area contributed by atoms with Crippen LogP contribution in [0, 0.1) is 11.3 Å². The third kappa shape index (κ3) is 6.42. The summed E-state index contributed by atoms with van der Waals surface area (Å²) >= 11 is 0. The molecule has 1 atom stereocenters. The predicted molar refractivity (Wildman–Crippen MR) is 63.4 cm³/mol. The fourth-order valence-corrected chi connectivity index (χ4v) is 1.84. The maximum absolute atomic E-state index is 10.2. The van der Waals surface area contributed by atoms with Gasteiger partial charge in [0.25, 0.3) is 0 Å². The molecular weight excluding hydrogens is 172 g/mol. The Morgan fingerprint density at radius 2 is 1.64 bits per heavy atom. The van der Waals surface area contributed by atoms with Gasteiger partial charge in [-0.1, -0.05) is 41.0 Å². The van der Waals surface area contributed by atoms with Gasteiger partial charge >= 0.3 is 0 Å². The Labute approximate surface area is 89.9 Å². The molecule has 0 heterocycles. The van der Waals surface area contributed by atoms with Gasteiger partial charge in [0.1, 0.15) is 0 Å². The monoisotopic (exact) mass is 200 g/mol. The van der Waals surface area contributed by atoms with E-state index in [0.29, 0.717) is 5.92 Å². The molecule has 0 amide bonds. The molecule has 0 aliphatic heterocycles. The van der Waals surface area contributed by atoms with Crippen LogP contribution in [-0.2, 0) is 0 Å². The van der Waals surface area contributed by atoms with Crippen molar-refractivity contribution in [1.29, 1.82) is 0 Å². The molecule has 0 aromatic heterocycles. The van der Waals surface area contributed by atoms with E-state index >= 15 is 0 Å². The lowest BCUT2D eigenvalue weighted by Crippen LogP contribution is -2.31. The molecule has 14 heavy (non-hydrogen) atoms. The number of rotatable bonds is 6. The van der Waals surface area contributed by atoms with Crippen molar-refractivity contribution in [3.8, 4) is 0 Å². The highest BCUT2D eigenvalue weighted by atomic mass is 16.3. The molecule has 1 unspecified atom stereocenters. The van der Waals surface area contributed by atoms with E-state index in [1.807, 2.05) is 6.92 Å². The van der Waals surface area contributed by atoms with E-state index in [4.69, 9.17) is 0 Å². The second-order valence-electron chi connectivity index (χ2n) is 6.12. The van der Waals surface area contributed by atoms with Gasteiger partial charge in [0.2, 0.25) is 0 Å². The molecule has 0 aliphatic rings. The first-order valence-corrected chi connectivity index (χ1v) is 5.91. The Morgan fingerprint density at radius 1 is 1.14 bits per heavy atom. The molecule has 0 radical (unpaired) electrons. The van der Waals surface area contributed by atoms with Crippen molar-refractivity contribution in [3.05, 3.63) is 0 Å².